The summed E-state index contributed by atoms with van der Waals surface area (Å²) in [7, 11) is -3.46. The first-order valence-electron chi connectivity index (χ1n) is 8.95. The number of hydrogen-bond acceptors (Lipinski definition) is 3. The number of carbonyl (C=O) groups excluding carboxylic acids is 1. The normalized spacial score (nSPS) is 11.3. The maximum absolute atomic E-state index is 12.3. The minimum atomic E-state index is -3.46. The van der Waals surface area contributed by atoms with Gasteiger partial charge in [0, 0.05) is 6.54 Å². The quantitative estimate of drug-likeness (QED) is 0.793. The lowest BCUT2D eigenvalue weighted by Gasteiger charge is -2.26. The van der Waals surface area contributed by atoms with E-state index in [0.29, 0.717) is 5.69 Å². The Kier molecular flexibility index (Phi) is 6.65. The van der Waals surface area contributed by atoms with E-state index in [1.165, 1.54) is 10.6 Å². The van der Waals surface area contributed by atoms with Gasteiger partial charge in [0.2, 0.25) is 15.9 Å². The third-order valence-corrected chi connectivity index (χ3v) is 5.54. The van der Waals surface area contributed by atoms with Gasteiger partial charge in [0.25, 0.3) is 0 Å². The SMILES string of the molecule is Cc1cccc(CC(=O)NCCN(c2c(C)cc(C)cc2C)S(C)(=O)=O)c1. The van der Waals surface area contributed by atoms with E-state index < -0.39 is 10.0 Å². The molecule has 0 saturated carbocycles. The van der Waals surface area contributed by atoms with E-state index in [0.717, 1.165) is 27.8 Å². The Hall–Kier alpha value is -2.34. The van der Waals surface area contributed by atoms with Gasteiger partial charge in [-0.25, -0.2) is 8.42 Å². The van der Waals surface area contributed by atoms with Crippen molar-refractivity contribution in [2.24, 2.45) is 0 Å². The molecule has 5 nitrogen and oxygen atoms in total. The predicted molar refractivity (Wildman–Crippen MR) is 111 cm³/mol. The second-order valence-electron chi connectivity index (χ2n) is 7.10. The van der Waals surface area contributed by atoms with Crippen LogP contribution in [0.15, 0.2) is 36.4 Å². The fourth-order valence-corrected chi connectivity index (χ4v) is 4.42. The number of anilines is 1. The number of hydrogen-bond donors (Lipinski definition) is 1. The molecule has 0 atom stereocenters. The smallest absolute Gasteiger partial charge is 0.232 e. The molecule has 0 aromatic heterocycles. The third kappa shape index (κ3) is 5.82. The number of amides is 1. The lowest BCUT2D eigenvalue weighted by atomic mass is 10.1. The zero-order valence-corrected chi connectivity index (χ0v) is 17.5. The maximum Gasteiger partial charge on any atom is 0.232 e. The van der Waals surface area contributed by atoms with E-state index in [2.05, 4.69) is 5.32 Å². The molecule has 1 N–H and O–H groups in total. The van der Waals surface area contributed by atoms with E-state index in [1.54, 1.807) is 0 Å². The van der Waals surface area contributed by atoms with Crippen LogP contribution < -0.4 is 9.62 Å². The van der Waals surface area contributed by atoms with Gasteiger partial charge >= 0.3 is 0 Å². The second kappa shape index (κ2) is 8.57. The van der Waals surface area contributed by atoms with E-state index >= 15 is 0 Å². The molecule has 0 fully saturated rings. The van der Waals surface area contributed by atoms with Crippen molar-refractivity contribution >= 4 is 21.6 Å². The minimum Gasteiger partial charge on any atom is -0.354 e. The molecule has 0 radical (unpaired) electrons. The van der Waals surface area contributed by atoms with Gasteiger partial charge in [0.1, 0.15) is 0 Å². The summed E-state index contributed by atoms with van der Waals surface area (Å²) in [6.07, 6.45) is 1.48. The number of benzene rings is 2. The van der Waals surface area contributed by atoms with Crippen LogP contribution in [0.4, 0.5) is 5.69 Å². The summed E-state index contributed by atoms with van der Waals surface area (Å²) < 4.78 is 26.1. The molecule has 27 heavy (non-hydrogen) atoms. The van der Waals surface area contributed by atoms with E-state index in [1.807, 2.05) is 64.1 Å². The first-order chi connectivity index (χ1) is 12.6. The Morgan fingerprint density at radius 3 is 2.19 bits per heavy atom. The summed E-state index contributed by atoms with van der Waals surface area (Å²) in [5, 5.41) is 2.83. The minimum absolute atomic E-state index is 0.119. The van der Waals surface area contributed by atoms with Gasteiger partial charge in [-0.15, -0.1) is 0 Å². The molecule has 0 bridgehead atoms. The van der Waals surface area contributed by atoms with Crippen LogP contribution in [-0.4, -0.2) is 33.7 Å². The summed E-state index contributed by atoms with van der Waals surface area (Å²) >= 11 is 0. The molecule has 0 aliphatic rings. The van der Waals surface area contributed by atoms with Crippen LogP contribution in [0.5, 0.6) is 0 Å². The van der Waals surface area contributed by atoms with Crippen LogP contribution in [0.1, 0.15) is 27.8 Å². The number of aryl methyl sites for hydroxylation is 4. The lowest BCUT2D eigenvalue weighted by Crippen LogP contribution is -2.39. The van der Waals surface area contributed by atoms with Crippen LogP contribution in [0.3, 0.4) is 0 Å². The van der Waals surface area contributed by atoms with Crippen molar-refractivity contribution in [2.45, 2.75) is 34.1 Å². The lowest BCUT2D eigenvalue weighted by molar-refractivity contribution is -0.120. The molecule has 2 rings (SSSR count). The fraction of sp³-hybridized carbons (Fsp3) is 0.381. The number of rotatable bonds is 7. The molecule has 0 aliphatic heterocycles. The number of nitrogens with zero attached hydrogens (tertiary/aromatic N) is 1. The Bertz CT molecular complexity index is 913. The maximum atomic E-state index is 12.3. The van der Waals surface area contributed by atoms with Gasteiger partial charge < -0.3 is 5.32 Å². The number of nitrogens with one attached hydrogen (secondary N) is 1. The molecular weight excluding hydrogens is 360 g/mol. The molecule has 0 unspecified atom stereocenters. The summed E-state index contributed by atoms with van der Waals surface area (Å²) in [5.74, 6) is -0.119. The van der Waals surface area contributed by atoms with Gasteiger partial charge in [-0.3, -0.25) is 9.10 Å². The van der Waals surface area contributed by atoms with Gasteiger partial charge in [0.05, 0.1) is 24.9 Å². The van der Waals surface area contributed by atoms with Crippen molar-refractivity contribution in [1.82, 2.24) is 5.32 Å². The molecule has 0 heterocycles. The predicted octanol–water partition coefficient (Wildman–Crippen LogP) is 3.05. The molecule has 2 aromatic rings. The molecular formula is C21H28N2O3S. The van der Waals surface area contributed by atoms with E-state index in [9.17, 15) is 13.2 Å². The first kappa shape index (κ1) is 21.0. The molecule has 6 heteroatoms. The highest BCUT2D eigenvalue weighted by Crippen LogP contribution is 2.27. The Morgan fingerprint density at radius 1 is 1.00 bits per heavy atom. The topological polar surface area (TPSA) is 66.5 Å². The summed E-state index contributed by atoms with van der Waals surface area (Å²) in [6, 6.07) is 11.7. The Morgan fingerprint density at radius 2 is 1.63 bits per heavy atom. The fourth-order valence-electron chi connectivity index (χ4n) is 3.38. The van der Waals surface area contributed by atoms with Gasteiger partial charge in [0.15, 0.2) is 0 Å². The van der Waals surface area contributed by atoms with Gasteiger partial charge in [-0.05, 0) is 44.4 Å². The van der Waals surface area contributed by atoms with Crippen LogP contribution in [-0.2, 0) is 21.2 Å². The van der Waals surface area contributed by atoms with Crippen molar-refractivity contribution in [3.63, 3.8) is 0 Å². The highest BCUT2D eigenvalue weighted by molar-refractivity contribution is 7.92. The molecule has 0 aliphatic carbocycles. The molecule has 0 spiro atoms. The second-order valence-corrected chi connectivity index (χ2v) is 9.01. The van der Waals surface area contributed by atoms with Gasteiger partial charge in [-0.2, -0.15) is 0 Å². The van der Waals surface area contributed by atoms with Crippen LogP contribution in [0.25, 0.3) is 0 Å². The molecule has 146 valence electrons. The number of carbonyl (C=O) groups is 1. The van der Waals surface area contributed by atoms with Crippen LogP contribution in [0, 0.1) is 27.7 Å². The summed E-state index contributed by atoms with van der Waals surface area (Å²) in [6.45, 7) is 8.24. The van der Waals surface area contributed by atoms with Crippen molar-refractivity contribution in [1.29, 1.82) is 0 Å². The molecule has 2 aromatic carbocycles. The van der Waals surface area contributed by atoms with Gasteiger partial charge in [-0.1, -0.05) is 47.5 Å². The van der Waals surface area contributed by atoms with Crippen molar-refractivity contribution in [2.75, 3.05) is 23.7 Å². The highest BCUT2D eigenvalue weighted by atomic mass is 32.2. The monoisotopic (exact) mass is 388 g/mol. The Balaban J connectivity index is 2.07. The summed E-state index contributed by atoms with van der Waals surface area (Å²) in [4.78, 5) is 12.2. The van der Waals surface area contributed by atoms with Crippen molar-refractivity contribution < 1.29 is 13.2 Å². The van der Waals surface area contributed by atoms with Crippen LogP contribution >= 0.6 is 0 Å². The Labute approximate surface area is 162 Å². The molecule has 1 amide bonds. The largest absolute Gasteiger partial charge is 0.354 e. The standard InChI is InChI=1S/C21H28N2O3S/c1-15-7-6-8-19(13-15)14-20(24)22-9-10-23(27(5,25)26)21-17(3)11-16(2)12-18(21)4/h6-8,11-13H,9-10,14H2,1-5H3,(H,22,24). The highest BCUT2D eigenvalue weighted by Gasteiger charge is 2.21. The van der Waals surface area contributed by atoms with Crippen molar-refractivity contribution in [3.05, 3.63) is 64.2 Å². The first-order valence-corrected chi connectivity index (χ1v) is 10.8. The third-order valence-electron chi connectivity index (χ3n) is 4.37. The average molecular weight is 389 g/mol. The zero-order chi connectivity index (χ0) is 20.2. The average Bonchev–Trinajstić information content (AvgIpc) is 2.51. The van der Waals surface area contributed by atoms with E-state index in [-0.39, 0.29) is 25.4 Å². The van der Waals surface area contributed by atoms with Crippen molar-refractivity contribution in [3.8, 4) is 0 Å². The van der Waals surface area contributed by atoms with Crippen LogP contribution in [0.2, 0.25) is 0 Å². The zero-order valence-electron chi connectivity index (χ0n) is 16.7. The summed E-state index contributed by atoms with van der Waals surface area (Å²) in [5.41, 5.74) is 5.64. The molecule has 0 saturated heterocycles. The number of sulfonamides is 1. The van der Waals surface area contributed by atoms with E-state index in [4.69, 9.17) is 0 Å².